The Morgan fingerprint density at radius 1 is 1.40 bits per heavy atom. The van der Waals surface area contributed by atoms with Crippen LogP contribution in [0.3, 0.4) is 0 Å². The predicted molar refractivity (Wildman–Crippen MR) is 56.7 cm³/mol. The van der Waals surface area contributed by atoms with E-state index in [1.54, 1.807) is 19.2 Å². The summed E-state index contributed by atoms with van der Waals surface area (Å²) in [5.41, 5.74) is 7.38. The first kappa shape index (κ1) is 11.5. The average Bonchev–Trinajstić information content (AvgIpc) is 2.27. The molecule has 1 atom stereocenters. The molecule has 0 heterocycles. The number of carbonyl (C=O) groups is 1. The van der Waals surface area contributed by atoms with Crippen molar-refractivity contribution in [2.45, 2.75) is 13.0 Å². The van der Waals surface area contributed by atoms with Crippen LogP contribution in [0.1, 0.15) is 17.2 Å². The first-order valence-electron chi connectivity index (χ1n) is 4.58. The molecule has 0 aliphatic heterocycles. The van der Waals surface area contributed by atoms with Gasteiger partial charge in [0, 0.05) is 0 Å². The molecule has 0 aliphatic carbocycles. The van der Waals surface area contributed by atoms with E-state index in [9.17, 15) is 4.79 Å². The first-order valence-corrected chi connectivity index (χ1v) is 4.58. The summed E-state index contributed by atoms with van der Waals surface area (Å²) in [5.74, 6) is 0.257. The molecule has 0 saturated carbocycles. The van der Waals surface area contributed by atoms with Crippen molar-refractivity contribution >= 4 is 5.97 Å². The fraction of sp³-hybridized carbons (Fsp3) is 0.364. The van der Waals surface area contributed by atoms with Gasteiger partial charge in [-0.25, -0.2) is 0 Å². The molecule has 0 aromatic heterocycles. The number of benzene rings is 1. The largest absolute Gasteiger partial charge is 0.496 e. The van der Waals surface area contributed by atoms with Gasteiger partial charge < -0.3 is 15.2 Å². The number of ether oxygens (including phenoxy) is 2. The van der Waals surface area contributed by atoms with Crippen molar-refractivity contribution in [2.24, 2.45) is 5.73 Å². The summed E-state index contributed by atoms with van der Waals surface area (Å²) in [5, 5.41) is 0. The maximum atomic E-state index is 11.2. The Morgan fingerprint density at radius 3 is 2.60 bits per heavy atom. The van der Waals surface area contributed by atoms with Gasteiger partial charge in [-0.05, 0) is 24.1 Å². The minimum absolute atomic E-state index is 0.457. The lowest BCUT2D eigenvalue weighted by Gasteiger charge is -2.12. The van der Waals surface area contributed by atoms with Crippen LogP contribution in [0.5, 0.6) is 5.75 Å². The number of nitrogens with two attached hydrogens (primary N) is 1. The van der Waals surface area contributed by atoms with Crippen LogP contribution in [0.4, 0.5) is 0 Å². The molecule has 2 N–H and O–H groups in total. The van der Waals surface area contributed by atoms with Gasteiger partial charge in [-0.1, -0.05) is 12.1 Å². The van der Waals surface area contributed by atoms with Gasteiger partial charge >= 0.3 is 5.97 Å². The summed E-state index contributed by atoms with van der Waals surface area (Å²) in [6.07, 6.45) is 0. The zero-order valence-corrected chi connectivity index (χ0v) is 9.11. The van der Waals surface area contributed by atoms with Crippen molar-refractivity contribution in [3.8, 4) is 5.75 Å². The highest BCUT2D eigenvalue weighted by Gasteiger charge is 2.16. The molecule has 4 heteroatoms. The van der Waals surface area contributed by atoms with Crippen LogP contribution in [0, 0.1) is 6.92 Å². The monoisotopic (exact) mass is 209 g/mol. The van der Waals surface area contributed by atoms with Gasteiger partial charge in [0.05, 0.1) is 14.2 Å². The number of methoxy groups -OCH3 is 2. The summed E-state index contributed by atoms with van der Waals surface area (Å²) in [7, 11) is 2.89. The molecule has 1 aromatic rings. The first-order chi connectivity index (χ1) is 7.10. The molecule has 0 saturated heterocycles. The minimum atomic E-state index is -0.760. The highest BCUT2D eigenvalue weighted by Crippen LogP contribution is 2.22. The molecular formula is C11H15NO3. The highest BCUT2D eigenvalue weighted by molar-refractivity contribution is 5.77. The standard InChI is InChI=1S/C11H15NO3/c1-7-4-5-8(6-9(7)14-2)10(12)11(13)15-3/h4-6,10H,12H2,1-3H3. The SMILES string of the molecule is COC(=O)C(N)c1ccc(C)c(OC)c1. The molecule has 0 fully saturated rings. The minimum Gasteiger partial charge on any atom is -0.496 e. The molecule has 1 aromatic carbocycles. The summed E-state index contributed by atoms with van der Waals surface area (Å²) >= 11 is 0. The zero-order chi connectivity index (χ0) is 11.4. The van der Waals surface area contributed by atoms with E-state index in [4.69, 9.17) is 10.5 Å². The van der Waals surface area contributed by atoms with E-state index in [0.717, 1.165) is 5.56 Å². The van der Waals surface area contributed by atoms with Crippen LogP contribution in [-0.2, 0) is 9.53 Å². The second-order valence-electron chi connectivity index (χ2n) is 3.23. The Kier molecular flexibility index (Phi) is 3.68. The van der Waals surface area contributed by atoms with Crippen LogP contribution in [0.25, 0.3) is 0 Å². The maximum Gasteiger partial charge on any atom is 0.327 e. The van der Waals surface area contributed by atoms with Gasteiger partial charge in [0.25, 0.3) is 0 Å². The number of aryl methyl sites for hydroxylation is 1. The van der Waals surface area contributed by atoms with Crippen LogP contribution in [-0.4, -0.2) is 20.2 Å². The topological polar surface area (TPSA) is 61.5 Å². The van der Waals surface area contributed by atoms with Crippen molar-refractivity contribution in [2.75, 3.05) is 14.2 Å². The average molecular weight is 209 g/mol. The van der Waals surface area contributed by atoms with Crippen LogP contribution >= 0.6 is 0 Å². The summed E-state index contributed by atoms with van der Waals surface area (Å²) in [4.78, 5) is 11.2. The molecular weight excluding hydrogens is 194 g/mol. The summed E-state index contributed by atoms with van der Waals surface area (Å²) in [6, 6.07) is 4.64. The summed E-state index contributed by atoms with van der Waals surface area (Å²) < 4.78 is 9.71. The second kappa shape index (κ2) is 4.79. The Balaban J connectivity index is 3.00. The van der Waals surface area contributed by atoms with E-state index in [1.807, 2.05) is 13.0 Å². The normalized spacial score (nSPS) is 12.0. The predicted octanol–water partition coefficient (Wildman–Crippen LogP) is 1.18. The third-order valence-electron chi connectivity index (χ3n) is 2.25. The Hall–Kier alpha value is -1.55. The van der Waals surface area contributed by atoms with Crippen molar-refractivity contribution < 1.29 is 14.3 Å². The van der Waals surface area contributed by atoms with E-state index in [0.29, 0.717) is 11.3 Å². The molecule has 15 heavy (non-hydrogen) atoms. The van der Waals surface area contributed by atoms with E-state index in [2.05, 4.69) is 4.74 Å². The maximum absolute atomic E-state index is 11.2. The molecule has 1 unspecified atom stereocenters. The van der Waals surface area contributed by atoms with E-state index < -0.39 is 12.0 Å². The van der Waals surface area contributed by atoms with E-state index in [-0.39, 0.29) is 0 Å². The quantitative estimate of drug-likeness (QED) is 0.759. The van der Waals surface area contributed by atoms with Crippen LogP contribution < -0.4 is 10.5 Å². The fourth-order valence-electron chi connectivity index (χ4n) is 1.29. The van der Waals surface area contributed by atoms with Gasteiger partial charge in [0.2, 0.25) is 0 Å². The Morgan fingerprint density at radius 2 is 2.07 bits per heavy atom. The third-order valence-corrected chi connectivity index (χ3v) is 2.25. The van der Waals surface area contributed by atoms with Gasteiger partial charge in [0.1, 0.15) is 11.8 Å². The molecule has 0 aliphatic rings. The molecule has 0 bridgehead atoms. The van der Waals surface area contributed by atoms with Crippen LogP contribution in [0.2, 0.25) is 0 Å². The van der Waals surface area contributed by atoms with Crippen molar-refractivity contribution in [1.82, 2.24) is 0 Å². The molecule has 82 valence electrons. The number of hydrogen-bond acceptors (Lipinski definition) is 4. The number of esters is 1. The number of rotatable bonds is 3. The molecule has 1 rings (SSSR count). The highest BCUT2D eigenvalue weighted by atomic mass is 16.5. The zero-order valence-electron chi connectivity index (χ0n) is 9.11. The fourth-order valence-corrected chi connectivity index (χ4v) is 1.29. The van der Waals surface area contributed by atoms with Crippen LogP contribution in [0.15, 0.2) is 18.2 Å². The second-order valence-corrected chi connectivity index (χ2v) is 3.23. The van der Waals surface area contributed by atoms with Gasteiger partial charge in [-0.2, -0.15) is 0 Å². The van der Waals surface area contributed by atoms with Crippen molar-refractivity contribution in [1.29, 1.82) is 0 Å². The lowest BCUT2D eigenvalue weighted by atomic mass is 10.1. The lowest BCUT2D eigenvalue weighted by molar-refractivity contribution is -0.142. The van der Waals surface area contributed by atoms with Gasteiger partial charge in [-0.3, -0.25) is 4.79 Å². The number of carbonyl (C=O) groups excluding carboxylic acids is 1. The third kappa shape index (κ3) is 2.47. The van der Waals surface area contributed by atoms with E-state index in [1.165, 1.54) is 7.11 Å². The van der Waals surface area contributed by atoms with E-state index >= 15 is 0 Å². The summed E-state index contributed by atoms with van der Waals surface area (Å²) in [6.45, 7) is 1.92. The lowest BCUT2D eigenvalue weighted by Crippen LogP contribution is -2.22. The smallest absolute Gasteiger partial charge is 0.327 e. The molecule has 0 amide bonds. The van der Waals surface area contributed by atoms with Gasteiger partial charge in [-0.15, -0.1) is 0 Å². The molecule has 0 radical (unpaired) electrons. The molecule has 4 nitrogen and oxygen atoms in total. The Bertz CT molecular complexity index is 363. The Labute approximate surface area is 89.0 Å². The molecule has 0 spiro atoms. The van der Waals surface area contributed by atoms with Crippen molar-refractivity contribution in [3.63, 3.8) is 0 Å². The van der Waals surface area contributed by atoms with Crippen molar-refractivity contribution in [3.05, 3.63) is 29.3 Å². The number of hydrogen-bond donors (Lipinski definition) is 1. The van der Waals surface area contributed by atoms with Gasteiger partial charge in [0.15, 0.2) is 0 Å².